The van der Waals surface area contributed by atoms with Gasteiger partial charge in [-0.15, -0.1) is 0 Å². The zero-order valence-corrected chi connectivity index (χ0v) is 4.00. The second-order valence-corrected chi connectivity index (χ2v) is 0.492. The molecule has 0 bridgehead atoms. The quantitative estimate of drug-likeness (QED) is 0.392. The van der Waals surface area contributed by atoms with Crippen LogP contribution in [-0.2, 0) is 22.2 Å². The van der Waals surface area contributed by atoms with Gasteiger partial charge in [0.15, 0.2) is 0 Å². The predicted molar refractivity (Wildman–Crippen MR) is 10.7 cm³/mol. The Kier molecular flexibility index (Phi) is 7.12. The third-order valence-corrected chi connectivity index (χ3v) is 0. The van der Waals surface area contributed by atoms with Crippen molar-refractivity contribution >= 4 is 5.97 Å². The van der Waals surface area contributed by atoms with E-state index in [-0.39, 0.29) is 17.4 Å². The average Bonchev–Trinajstić information content (AvgIpc) is 0.811. The molecule has 0 aliphatic heterocycles. The number of carbonyl (C=O) groups excluding carboxylic acids is 1. The standard InChI is InChI=1S/C2H4O2.Cr/c1-2(3)4;/h1H3,(H,3,4);/q;+2/p-1. The van der Waals surface area contributed by atoms with Gasteiger partial charge in [0.2, 0.25) is 0 Å². The summed E-state index contributed by atoms with van der Waals surface area (Å²) in [5, 5.41) is 8.89. The van der Waals surface area contributed by atoms with Crippen LogP contribution in [-0.4, -0.2) is 5.97 Å². The normalized spacial score (nSPS) is 5.00. The van der Waals surface area contributed by atoms with Gasteiger partial charge in [0.05, 0.1) is 0 Å². The number of hydrogen-bond donors (Lipinski definition) is 0. The minimum Gasteiger partial charge on any atom is -0.550 e. The van der Waals surface area contributed by atoms with E-state index in [1.807, 2.05) is 0 Å². The van der Waals surface area contributed by atoms with E-state index in [9.17, 15) is 0 Å². The van der Waals surface area contributed by atoms with Crippen LogP contribution in [0.15, 0.2) is 0 Å². The maximum absolute atomic E-state index is 8.89. The van der Waals surface area contributed by atoms with Crippen LogP contribution in [0.25, 0.3) is 0 Å². The summed E-state index contributed by atoms with van der Waals surface area (Å²) in [6.07, 6.45) is 0. The Morgan fingerprint density at radius 2 is 1.80 bits per heavy atom. The van der Waals surface area contributed by atoms with E-state index in [4.69, 9.17) is 9.90 Å². The third-order valence-electron chi connectivity index (χ3n) is 0. The molecule has 0 N–H and O–H groups in total. The van der Waals surface area contributed by atoms with Crippen LogP contribution >= 0.6 is 0 Å². The van der Waals surface area contributed by atoms with E-state index >= 15 is 0 Å². The molecule has 0 unspecified atom stereocenters. The largest absolute Gasteiger partial charge is 2.00 e. The summed E-state index contributed by atoms with van der Waals surface area (Å²) in [7, 11) is 0. The van der Waals surface area contributed by atoms with Crippen molar-refractivity contribution in [2.24, 2.45) is 0 Å². The molecule has 3 heteroatoms. The molecule has 0 aromatic carbocycles. The summed E-state index contributed by atoms with van der Waals surface area (Å²) in [4.78, 5) is 8.89. The summed E-state index contributed by atoms with van der Waals surface area (Å²) in [6.45, 7) is 0.972. The van der Waals surface area contributed by atoms with Gasteiger partial charge in [-0.25, -0.2) is 0 Å². The number of aliphatic carboxylic acids is 1. The molecule has 0 spiro atoms. The Morgan fingerprint density at radius 1 is 1.80 bits per heavy atom. The summed E-state index contributed by atoms with van der Waals surface area (Å²) < 4.78 is 0. The smallest absolute Gasteiger partial charge is 0.550 e. The van der Waals surface area contributed by atoms with Gasteiger partial charge in [-0.2, -0.15) is 0 Å². The van der Waals surface area contributed by atoms with Gasteiger partial charge in [0, 0.05) is 5.97 Å². The topological polar surface area (TPSA) is 40.1 Å². The van der Waals surface area contributed by atoms with Crippen LogP contribution in [0.1, 0.15) is 6.92 Å². The molecule has 0 atom stereocenters. The molecular weight excluding hydrogens is 108 g/mol. The van der Waals surface area contributed by atoms with E-state index in [0.29, 0.717) is 0 Å². The van der Waals surface area contributed by atoms with Crippen molar-refractivity contribution in [3.05, 3.63) is 0 Å². The molecule has 0 radical (unpaired) electrons. The van der Waals surface area contributed by atoms with Gasteiger partial charge in [-0.1, -0.05) is 0 Å². The van der Waals surface area contributed by atoms with Crippen LogP contribution < -0.4 is 5.11 Å². The predicted octanol–water partition coefficient (Wildman–Crippen LogP) is -1.25. The molecule has 5 heavy (non-hydrogen) atoms. The Balaban J connectivity index is 0. The first-order chi connectivity index (χ1) is 1.73. The Hall–Kier alpha value is 0.00247. The summed E-state index contributed by atoms with van der Waals surface area (Å²) in [6, 6.07) is 0. The Labute approximate surface area is 40.9 Å². The molecule has 0 aromatic heterocycles. The third kappa shape index (κ3) is 2640000. The molecule has 0 saturated carbocycles. The van der Waals surface area contributed by atoms with Crippen LogP contribution in [0.4, 0.5) is 0 Å². The average molecular weight is 111 g/mol. The zero-order valence-electron chi connectivity index (χ0n) is 2.72. The molecule has 2 nitrogen and oxygen atoms in total. The minimum absolute atomic E-state index is 0. The number of carboxylic acids is 1. The molecule has 0 saturated heterocycles. The van der Waals surface area contributed by atoms with Crippen LogP contribution in [0, 0.1) is 0 Å². The number of rotatable bonds is 0. The van der Waals surface area contributed by atoms with Gasteiger partial charge in [-0.3, -0.25) is 0 Å². The molecular formula is C2H3CrO2+. The second kappa shape index (κ2) is 4.00. The first kappa shape index (κ1) is 8.89. The van der Waals surface area contributed by atoms with Crippen molar-refractivity contribution in [3.8, 4) is 0 Å². The number of carboxylic acid groups (broad SMARTS) is 1. The second-order valence-electron chi connectivity index (χ2n) is 0.492. The van der Waals surface area contributed by atoms with E-state index < -0.39 is 5.97 Å². The molecule has 0 aromatic rings. The van der Waals surface area contributed by atoms with Gasteiger partial charge < -0.3 is 9.90 Å². The van der Waals surface area contributed by atoms with Crippen LogP contribution in [0.3, 0.4) is 0 Å². The first-order valence-corrected chi connectivity index (χ1v) is 0.908. The van der Waals surface area contributed by atoms with Crippen molar-refractivity contribution in [2.45, 2.75) is 6.92 Å². The minimum atomic E-state index is -1.08. The monoisotopic (exact) mass is 111 g/mol. The van der Waals surface area contributed by atoms with E-state index in [1.54, 1.807) is 0 Å². The molecule has 28 valence electrons. The van der Waals surface area contributed by atoms with Gasteiger partial charge in [0.25, 0.3) is 0 Å². The maximum atomic E-state index is 8.89. The first-order valence-electron chi connectivity index (χ1n) is 0.908. The van der Waals surface area contributed by atoms with Crippen molar-refractivity contribution in [1.29, 1.82) is 0 Å². The van der Waals surface area contributed by atoms with Gasteiger partial charge in [-0.05, 0) is 6.92 Å². The molecule has 0 fully saturated rings. The van der Waals surface area contributed by atoms with Crippen molar-refractivity contribution in [3.63, 3.8) is 0 Å². The van der Waals surface area contributed by atoms with Crippen molar-refractivity contribution in [2.75, 3.05) is 0 Å². The summed E-state index contributed by atoms with van der Waals surface area (Å²) in [5.74, 6) is -1.08. The molecule has 0 aliphatic rings. The molecule has 0 aliphatic carbocycles. The summed E-state index contributed by atoms with van der Waals surface area (Å²) in [5.41, 5.74) is 0. The number of hydrogen-bond acceptors (Lipinski definition) is 2. The van der Waals surface area contributed by atoms with Crippen molar-refractivity contribution in [1.82, 2.24) is 0 Å². The van der Waals surface area contributed by atoms with Crippen LogP contribution in [0.2, 0.25) is 0 Å². The van der Waals surface area contributed by atoms with E-state index in [0.717, 1.165) is 6.92 Å². The fourth-order valence-electron chi connectivity index (χ4n) is 0. The zero-order chi connectivity index (χ0) is 3.58. The molecule has 0 heterocycles. The van der Waals surface area contributed by atoms with E-state index in [2.05, 4.69) is 0 Å². The summed E-state index contributed by atoms with van der Waals surface area (Å²) >= 11 is 0. The Bertz CT molecular complexity index is 30.6. The van der Waals surface area contributed by atoms with Crippen LogP contribution in [0.5, 0.6) is 0 Å². The van der Waals surface area contributed by atoms with Crippen molar-refractivity contribution < 1.29 is 27.3 Å². The molecule has 0 rings (SSSR count). The molecule has 0 amide bonds. The SMILES string of the molecule is CC(=O)[O-].[Cr+2]. The van der Waals surface area contributed by atoms with Gasteiger partial charge >= 0.3 is 17.4 Å². The fraction of sp³-hybridized carbons (Fsp3) is 0.500. The van der Waals surface area contributed by atoms with E-state index in [1.165, 1.54) is 0 Å². The fourth-order valence-corrected chi connectivity index (χ4v) is 0. The Morgan fingerprint density at radius 3 is 1.80 bits per heavy atom. The van der Waals surface area contributed by atoms with Gasteiger partial charge in [0.1, 0.15) is 0 Å². The number of carbonyl (C=O) groups is 1. The maximum Gasteiger partial charge on any atom is 2.00 e.